The van der Waals surface area contributed by atoms with Crippen LogP contribution in [0, 0.1) is 6.92 Å². The second-order valence-corrected chi connectivity index (χ2v) is 9.18. The van der Waals surface area contributed by atoms with E-state index in [4.69, 9.17) is 4.74 Å². The minimum absolute atomic E-state index is 0.0193. The van der Waals surface area contributed by atoms with Crippen LogP contribution in [-0.4, -0.2) is 37.0 Å². The van der Waals surface area contributed by atoms with Gasteiger partial charge in [0.25, 0.3) is 5.91 Å². The quantitative estimate of drug-likeness (QED) is 0.636. The number of nitrogens with one attached hydrogen (secondary N) is 1. The summed E-state index contributed by atoms with van der Waals surface area (Å²) in [6.45, 7) is 4.04. The van der Waals surface area contributed by atoms with E-state index < -0.39 is 0 Å². The van der Waals surface area contributed by atoms with Gasteiger partial charge in [0.2, 0.25) is 0 Å². The van der Waals surface area contributed by atoms with Crippen LogP contribution < -0.4 is 10.1 Å². The minimum atomic E-state index is -0.271. The zero-order valence-corrected chi connectivity index (χ0v) is 18.4. The Bertz CT molecular complexity index is 1110. The van der Waals surface area contributed by atoms with Gasteiger partial charge in [-0.25, -0.2) is 0 Å². The second-order valence-electron chi connectivity index (χ2n) is 9.18. The highest BCUT2D eigenvalue weighted by Crippen LogP contribution is 2.48. The molecule has 4 nitrogen and oxygen atoms in total. The lowest BCUT2D eigenvalue weighted by molar-refractivity contribution is 0.0924. The number of hydrogen-bond acceptors (Lipinski definition) is 3. The van der Waals surface area contributed by atoms with Gasteiger partial charge in [-0.3, -0.25) is 4.79 Å². The maximum atomic E-state index is 13.4. The first-order chi connectivity index (χ1) is 15.0. The number of nitrogens with zero attached hydrogens (tertiary/aromatic N) is 1. The van der Waals surface area contributed by atoms with E-state index in [1.807, 2.05) is 25.1 Å². The first-order valence-corrected chi connectivity index (χ1v) is 11.3. The molecule has 1 unspecified atom stereocenters. The smallest absolute Gasteiger partial charge is 0.252 e. The Morgan fingerprint density at radius 1 is 1.10 bits per heavy atom. The second kappa shape index (κ2) is 8.01. The molecule has 1 saturated carbocycles. The Kier molecular flexibility index (Phi) is 5.19. The third-order valence-corrected chi connectivity index (χ3v) is 6.75. The summed E-state index contributed by atoms with van der Waals surface area (Å²) in [5.74, 6) is 0.764. The predicted molar refractivity (Wildman–Crippen MR) is 125 cm³/mol. The lowest BCUT2D eigenvalue weighted by atomic mass is 9.96. The van der Waals surface area contributed by atoms with Crippen LogP contribution in [-0.2, 0) is 5.54 Å². The van der Waals surface area contributed by atoms with E-state index >= 15 is 0 Å². The molecule has 1 atom stereocenters. The minimum Gasteiger partial charge on any atom is -0.489 e. The Labute approximate surface area is 184 Å². The Morgan fingerprint density at radius 3 is 2.71 bits per heavy atom. The van der Waals surface area contributed by atoms with Crippen molar-refractivity contribution in [2.24, 2.45) is 0 Å². The fraction of sp³-hybridized carbons (Fsp3) is 0.370. The maximum absolute atomic E-state index is 13.4. The van der Waals surface area contributed by atoms with Crippen LogP contribution in [0.2, 0.25) is 0 Å². The molecular formula is C27H30N2O2. The molecule has 3 aromatic rings. The zero-order valence-electron chi connectivity index (χ0n) is 18.4. The standard InChI is InChI=1S/C27H30N2O2/c1-19-12-13-21(31-22-9-6-16-29(2)18-22)17-24(19)26(30)28-27(14-15-27)25-11-5-8-20-7-3-4-10-23(20)25/h3-5,7-8,10-13,17,22H,6,9,14-16,18H2,1-2H3,(H,28,30). The summed E-state index contributed by atoms with van der Waals surface area (Å²) in [4.78, 5) is 15.7. The predicted octanol–water partition coefficient (Wildman–Crippen LogP) is 5.04. The molecule has 1 saturated heterocycles. The number of benzene rings is 3. The van der Waals surface area contributed by atoms with Crippen molar-refractivity contribution in [3.63, 3.8) is 0 Å². The fourth-order valence-corrected chi connectivity index (χ4v) is 4.84. The first-order valence-electron chi connectivity index (χ1n) is 11.3. The monoisotopic (exact) mass is 414 g/mol. The molecule has 0 bridgehead atoms. The number of piperidine rings is 1. The number of aryl methyl sites for hydroxylation is 1. The van der Waals surface area contributed by atoms with Crippen molar-refractivity contribution in [2.75, 3.05) is 20.1 Å². The topological polar surface area (TPSA) is 41.6 Å². The molecule has 5 rings (SSSR count). The number of fused-ring (bicyclic) bond motifs is 1. The number of likely N-dealkylation sites (N-methyl/N-ethyl adjacent to an activating group) is 1. The first kappa shape index (κ1) is 20.1. The molecule has 1 N–H and O–H groups in total. The number of carbonyl (C=O) groups is 1. The lowest BCUT2D eigenvalue weighted by Gasteiger charge is -2.30. The third-order valence-electron chi connectivity index (χ3n) is 6.75. The van der Waals surface area contributed by atoms with Gasteiger partial charge in [0.05, 0.1) is 5.54 Å². The van der Waals surface area contributed by atoms with Gasteiger partial charge in [-0.2, -0.15) is 0 Å². The van der Waals surface area contributed by atoms with Gasteiger partial charge in [0.15, 0.2) is 0 Å². The molecule has 4 heteroatoms. The van der Waals surface area contributed by atoms with Crippen molar-refractivity contribution >= 4 is 16.7 Å². The summed E-state index contributed by atoms with van der Waals surface area (Å²) < 4.78 is 6.24. The number of rotatable bonds is 5. The van der Waals surface area contributed by atoms with E-state index in [9.17, 15) is 4.79 Å². The average Bonchev–Trinajstić information content (AvgIpc) is 3.55. The number of ether oxygens (including phenoxy) is 1. The number of amides is 1. The number of likely N-dealkylation sites (tertiary alicyclic amines) is 1. The van der Waals surface area contributed by atoms with Gasteiger partial charge in [-0.15, -0.1) is 0 Å². The molecule has 1 aliphatic heterocycles. The molecule has 0 radical (unpaired) electrons. The fourth-order valence-electron chi connectivity index (χ4n) is 4.84. The van der Waals surface area contributed by atoms with Crippen LogP contribution in [0.15, 0.2) is 60.7 Å². The summed E-state index contributed by atoms with van der Waals surface area (Å²) in [6.07, 6.45) is 4.33. The molecule has 0 spiro atoms. The highest BCUT2D eigenvalue weighted by Gasteiger charge is 2.46. The van der Waals surface area contributed by atoms with Crippen LogP contribution in [0.1, 0.15) is 47.2 Å². The average molecular weight is 415 g/mol. The van der Waals surface area contributed by atoms with Crippen molar-refractivity contribution in [2.45, 2.75) is 44.2 Å². The normalized spacial score (nSPS) is 20.4. The van der Waals surface area contributed by atoms with E-state index in [-0.39, 0.29) is 17.6 Å². The van der Waals surface area contributed by atoms with Gasteiger partial charge in [-0.05, 0) is 80.2 Å². The molecule has 1 aliphatic carbocycles. The maximum Gasteiger partial charge on any atom is 0.252 e. The summed E-state index contributed by atoms with van der Waals surface area (Å²) >= 11 is 0. The number of carbonyl (C=O) groups excluding carboxylic acids is 1. The highest BCUT2D eigenvalue weighted by atomic mass is 16.5. The van der Waals surface area contributed by atoms with Crippen LogP contribution >= 0.6 is 0 Å². The summed E-state index contributed by atoms with van der Waals surface area (Å²) in [5.41, 5.74) is 2.62. The molecule has 1 amide bonds. The summed E-state index contributed by atoms with van der Waals surface area (Å²) in [6, 6.07) is 20.7. The van der Waals surface area contributed by atoms with Crippen molar-refractivity contribution < 1.29 is 9.53 Å². The van der Waals surface area contributed by atoms with Gasteiger partial charge in [0.1, 0.15) is 11.9 Å². The highest BCUT2D eigenvalue weighted by molar-refractivity contribution is 5.97. The van der Waals surface area contributed by atoms with Crippen LogP contribution in [0.3, 0.4) is 0 Å². The Morgan fingerprint density at radius 2 is 1.90 bits per heavy atom. The summed E-state index contributed by atoms with van der Waals surface area (Å²) in [5, 5.41) is 5.80. The van der Waals surface area contributed by atoms with Crippen molar-refractivity contribution in [3.8, 4) is 5.75 Å². The SMILES string of the molecule is Cc1ccc(OC2CCCN(C)C2)cc1C(=O)NC1(c2cccc3ccccc23)CC1. The Hall–Kier alpha value is -2.85. The van der Waals surface area contributed by atoms with Gasteiger partial charge < -0.3 is 15.0 Å². The van der Waals surface area contributed by atoms with E-state index in [2.05, 4.69) is 59.7 Å². The lowest BCUT2D eigenvalue weighted by Crippen LogP contribution is -2.38. The van der Waals surface area contributed by atoms with E-state index in [1.54, 1.807) is 0 Å². The molecule has 1 heterocycles. The molecule has 3 aromatic carbocycles. The molecule has 160 valence electrons. The van der Waals surface area contributed by atoms with Gasteiger partial charge >= 0.3 is 0 Å². The largest absolute Gasteiger partial charge is 0.489 e. The molecule has 0 aromatic heterocycles. The Balaban J connectivity index is 1.38. The van der Waals surface area contributed by atoms with Crippen LogP contribution in [0.25, 0.3) is 10.8 Å². The van der Waals surface area contributed by atoms with Crippen LogP contribution in [0.5, 0.6) is 5.75 Å². The van der Waals surface area contributed by atoms with E-state index in [0.717, 1.165) is 50.1 Å². The van der Waals surface area contributed by atoms with Crippen molar-refractivity contribution in [3.05, 3.63) is 77.4 Å². The summed E-state index contributed by atoms with van der Waals surface area (Å²) in [7, 11) is 2.13. The van der Waals surface area contributed by atoms with E-state index in [0.29, 0.717) is 5.56 Å². The molecular weight excluding hydrogens is 384 g/mol. The van der Waals surface area contributed by atoms with Crippen molar-refractivity contribution in [1.82, 2.24) is 10.2 Å². The zero-order chi connectivity index (χ0) is 21.4. The number of hydrogen-bond donors (Lipinski definition) is 1. The van der Waals surface area contributed by atoms with Crippen LogP contribution in [0.4, 0.5) is 0 Å². The molecule has 31 heavy (non-hydrogen) atoms. The molecule has 2 fully saturated rings. The van der Waals surface area contributed by atoms with Crippen molar-refractivity contribution in [1.29, 1.82) is 0 Å². The van der Waals surface area contributed by atoms with E-state index in [1.165, 1.54) is 16.3 Å². The van der Waals surface area contributed by atoms with Gasteiger partial charge in [-0.1, -0.05) is 48.5 Å². The van der Waals surface area contributed by atoms with Gasteiger partial charge in [0, 0.05) is 12.1 Å². The third kappa shape index (κ3) is 4.05. The molecule has 2 aliphatic rings.